The average Bonchev–Trinajstić information content (AvgIpc) is 2.81. The Kier molecular flexibility index (Phi) is 3.00. The Labute approximate surface area is 108 Å². The standard InChI is InChI=1S/C15H20N2O/c1-10-8-13-12(4-3-7-18-13)14-11(5-6-16-2)9-17-15(10)14/h8-9,16-17H,3-7H2,1-2H3. The second-order valence-corrected chi connectivity index (χ2v) is 5.04. The molecular formula is C15H20N2O. The monoisotopic (exact) mass is 244 g/mol. The molecule has 3 rings (SSSR count). The number of hydrogen-bond donors (Lipinski definition) is 2. The molecule has 1 aromatic heterocycles. The quantitative estimate of drug-likeness (QED) is 0.870. The van der Waals surface area contributed by atoms with E-state index < -0.39 is 0 Å². The summed E-state index contributed by atoms with van der Waals surface area (Å²) in [4.78, 5) is 3.43. The van der Waals surface area contributed by atoms with Gasteiger partial charge in [0.1, 0.15) is 5.75 Å². The van der Waals surface area contributed by atoms with E-state index in [0.717, 1.165) is 38.2 Å². The predicted octanol–water partition coefficient (Wildman–Crippen LogP) is 2.56. The van der Waals surface area contributed by atoms with Gasteiger partial charge in [-0.3, -0.25) is 0 Å². The van der Waals surface area contributed by atoms with Gasteiger partial charge in [-0.15, -0.1) is 0 Å². The third kappa shape index (κ3) is 1.79. The van der Waals surface area contributed by atoms with E-state index in [4.69, 9.17) is 4.74 Å². The number of benzene rings is 1. The first-order chi connectivity index (χ1) is 8.81. The van der Waals surface area contributed by atoms with Crippen LogP contribution in [0, 0.1) is 6.92 Å². The van der Waals surface area contributed by atoms with Crippen LogP contribution in [-0.4, -0.2) is 25.2 Å². The molecule has 2 heterocycles. The Morgan fingerprint density at radius 3 is 3.17 bits per heavy atom. The van der Waals surface area contributed by atoms with Gasteiger partial charge in [0, 0.05) is 22.7 Å². The summed E-state index contributed by atoms with van der Waals surface area (Å²) in [5, 5.41) is 4.62. The maximum Gasteiger partial charge on any atom is 0.123 e. The van der Waals surface area contributed by atoms with Gasteiger partial charge in [0.15, 0.2) is 0 Å². The predicted molar refractivity (Wildman–Crippen MR) is 74.5 cm³/mol. The van der Waals surface area contributed by atoms with E-state index >= 15 is 0 Å². The Morgan fingerprint density at radius 2 is 2.33 bits per heavy atom. The molecule has 0 unspecified atom stereocenters. The molecule has 0 saturated carbocycles. The van der Waals surface area contributed by atoms with Crippen molar-refractivity contribution < 1.29 is 4.74 Å². The lowest BCUT2D eigenvalue weighted by Crippen LogP contribution is -2.12. The lowest BCUT2D eigenvalue weighted by molar-refractivity contribution is 0.289. The zero-order valence-electron chi connectivity index (χ0n) is 11.1. The molecule has 0 fully saturated rings. The topological polar surface area (TPSA) is 37.0 Å². The minimum atomic E-state index is 0.855. The molecule has 0 aliphatic carbocycles. The van der Waals surface area contributed by atoms with Gasteiger partial charge in [-0.1, -0.05) is 0 Å². The lowest BCUT2D eigenvalue weighted by Gasteiger charge is -2.19. The molecule has 18 heavy (non-hydrogen) atoms. The molecule has 1 aliphatic heterocycles. The minimum absolute atomic E-state index is 0.855. The van der Waals surface area contributed by atoms with Gasteiger partial charge in [0.2, 0.25) is 0 Å². The number of ether oxygens (including phenoxy) is 1. The highest BCUT2D eigenvalue weighted by atomic mass is 16.5. The molecule has 96 valence electrons. The first-order valence-corrected chi connectivity index (χ1v) is 6.71. The summed E-state index contributed by atoms with van der Waals surface area (Å²) in [7, 11) is 2.00. The van der Waals surface area contributed by atoms with Crippen molar-refractivity contribution in [3.63, 3.8) is 0 Å². The van der Waals surface area contributed by atoms with Crippen molar-refractivity contribution in [3.8, 4) is 5.75 Å². The molecule has 1 aromatic carbocycles. The number of aromatic amines is 1. The van der Waals surface area contributed by atoms with Crippen molar-refractivity contribution >= 4 is 10.9 Å². The number of nitrogens with one attached hydrogen (secondary N) is 2. The smallest absolute Gasteiger partial charge is 0.123 e. The maximum atomic E-state index is 5.81. The second kappa shape index (κ2) is 4.65. The van der Waals surface area contributed by atoms with Crippen LogP contribution in [0.15, 0.2) is 12.3 Å². The molecule has 3 nitrogen and oxygen atoms in total. The number of aryl methyl sites for hydroxylation is 2. The van der Waals surface area contributed by atoms with Crippen LogP contribution in [0.2, 0.25) is 0 Å². The highest BCUT2D eigenvalue weighted by Gasteiger charge is 2.18. The van der Waals surface area contributed by atoms with Crippen LogP contribution < -0.4 is 10.1 Å². The van der Waals surface area contributed by atoms with Gasteiger partial charge in [-0.25, -0.2) is 0 Å². The third-order valence-electron chi connectivity index (χ3n) is 3.78. The molecule has 3 heteroatoms. The number of hydrogen-bond acceptors (Lipinski definition) is 2. The summed E-state index contributed by atoms with van der Waals surface area (Å²) < 4.78 is 5.81. The molecule has 0 spiro atoms. The second-order valence-electron chi connectivity index (χ2n) is 5.04. The fourth-order valence-corrected chi connectivity index (χ4v) is 2.86. The fourth-order valence-electron chi connectivity index (χ4n) is 2.86. The van der Waals surface area contributed by atoms with Crippen LogP contribution in [0.5, 0.6) is 5.75 Å². The van der Waals surface area contributed by atoms with E-state index in [-0.39, 0.29) is 0 Å². The van der Waals surface area contributed by atoms with E-state index in [9.17, 15) is 0 Å². The SMILES string of the molecule is CNCCc1c[nH]c2c(C)cc3c(c12)CCCO3. The molecule has 0 amide bonds. The maximum absolute atomic E-state index is 5.81. The third-order valence-corrected chi connectivity index (χ3v) is 3.78. The van der Waals surface area contributed by atoms with E-state index in [1.165, 1.54) is 27.6 Å². The van der Waals surface area contributed by atoms with Crippen LogP contribution in [0.1, 0.15) is 23.1 Å². The zero-order chi connectivity index (χ0) is 12.5. The van der Waals surface area contributed by atoms with Crippen molar-refractivity contribution in [1.82, 2.24) is 10.3 Å². The Hall–Kier alpha value is -1.48. The fraction of sp³-hybridized carbons (Fsp3) is 0.467. The lowest BCUT2D eigenvalue weighted by atomic mass is 9.96. The summed E-state index contributed by atoms with van der Waals surface area (Å²) in [6.45, 7) is 4.02. The number of likely N-dealkylation sites (N-methyl/N-ethyl adjacent to an activating group) is 1. The molecule has 0 saturated heterocycles. The normalized spacial score (nSPS) is 14.6. The van der Waals surface area contributed by atoms with Crippen molar-refractivity contribution in [2.75, 3.05) is 20.2 Å². The number of aromatic nitrogens is 1. The van der Waals surface area contributed by atoms with Gasteiger partial charge in [0.05, 0.1) is 6.61 Å². The number of fused-ring (bicyclic) bond motifs is 3. The number of H-pyrrole nitrogens is 1. The molecule has 2 N–H and O–H groups in total. The molecule has 2 aromatic rings. The highest BCUT2D eigenvalue weighted by Crippen LogP contribution is 2.36. The first-order valence-electron chi connectivity index (χ1n) is 6.71. The van der Waals surface area contributed by atoms with Crippen LogP contribution in [0.3, 0.4) is 0 Å². The Morgan fingerprint density at radius 1 is 1.44 bits per heavy atom. The van der Waals surface area contributed by atoms with Gasteiger partial charge in [-0.2, -0.15) is 0 Å². The molecule has 1 aliphatic rings. The van der Waals surface area contributed by atoms with Crippen molar-refractivity contribution in [2.45, 2.75) is 26.2 Å². The summed E-state index contributed by atoms with van der Waals surface area (Å²) in [5.41, 5.74) is 5.37. The van der Waals surface area contributed by atoms with Gasteiger partial charge in [0.25, 0.3) is 0 Å². The van der Waals surface area contributed by atoms with Crippen LogP contribution in [0.25, 0.3) is 10.9 Å². The molecule has 0 bridgehead atoms. The van der Waals surface area contributed by atoms with E-state index in [1.54, 1.807) is 0 Å². The average molecular weight is 244 g/mol. The summed E-state index contributed by atoms with van der Waals surface area (Å²) >= 11 is 0. The molecule has 0 atom stereocenters. The van der Waals surface area contributed by atoms with Gasteiger partial charge in [-0.05, 0) is 57.0 Å². The highest BCUT2D eigenvalue weighted by molar-refractivity contribution is 5.91. The Balaban J connectivity index is 2.17. The van der Waals surface area contributed by atoms with Crippen molar-refractivity contribution in [2.24, 2.45) is 0 Å². The number of rotatable bonds is 3. The summed E-state index contributed by atoms with van der Waals surface area (Å²) in [6.07, 6.45) is 5.48. The van der Waals surface area contributed by atoms with Crippen LogP contribution >= 0.6 is 0 Å². The van der Waals surface area contributed by atoms with Crippen LogP contribution in [0.4, 0.5) is 0 Å². The summed E-state index contributed by atoms with van der Waals surface area (Å²) in [5.74, 6) is 1.09. The van der Waals surface area contributed by atoms with Gasteiger partial charge < -0.3 is 15.0 Å². The first kappa shape index (κ1) is 11.6. The minimum Gasteiger partial charge on any atom is -0.493 e. The van der Waals surface area contributed by atoms with E-state index in [1.807, 2.05) is 7.05 Å². The molecule has 0 radical (unpaired) electrons. The van der Waals surface area contributed by atoms with Crippen molar-refractivity contribution in [3.05, 3.63) is 29.0 Å². The largest absolute Gasteiger partial charge is 0.493 e. The van der Waals surface area contributed by atoms with Gasteiger partial charge >= 0.3 is 0 Å². The Bertz CT molecular complexity index is 571. The van der Waals surface area contributed by atoms with E-state index in [2.05, 4.69) is 29.5 Å². The van der Waals surface area contributed by atoms with E-state index in [0.29, 0.717) is 0 Å². The summed E-state index contributed by atoms with van der Waals surface area (Å²) in [6, 6.07) is 2.18. The molecular weight excluding hydrogens is 224 g/mol. The van der Waals surface area contributed by atoms with Crippen LogP contribution in [-0.2, 0) is 12.8 Å². The zero-order valence-corrected chi connectivity index (χ0v) is 11.1. The van der Waals surface area contributed by atoms with Crippen molar-refractivity contribution in [1.29, 1.82) is 0 Å².